The Morgan fingerprint density at radius 2 is 1.87 bits per heavy atom. The summed E-state index contributed by atoms with van der Waals surface area (Å²) in [6, 6.07) is 14.6. The second-order valence-corrected chi connectivity index (χ2v) is 3.63. The average molecular weight is 198 g/mol. The Hall–Kier alpha value is -1.60. The van der Waals surface area contributed by atoms with E-state index in [0.717, 1.165) is 5.57 Å². The summed E-state index contributed by atoms with van der Waals surface area (Å²) in [7, 11) is 0. The Bertz CT molecular complexity index is 497. The van der Waals surface area contributed by atoms with Gasteiger partial charge in [-0.3, -0.25) is 0 Å². The van der Waals surface area contributed by atoms with E-state index in [0.29, 0.717) is 0 Å². The molecule has 0 fully saturated rings. The molecule has 0 heterocycles. The van der Waals surface area contributed by atoms with Crippen molar-refractivity contribution in [2.75, 3.05) is 6.61 Å². The molecule has 0 saturated heterocycles. The molecule has 0 aliphatic heterocycles. The second kappa shape index (κ2) is 4.28. The van der Waals surface area contributed by atoms with Crippen LogP contribution in [0.5, 0.6) is 0 Å². The smallest absolute Gasteiger partial charge is 0.0618 e. The van der Waals surface area contributed by atoms with Gasteiger partial charge in [0.25, 0.3) is 0 Å². The van der Waals surface area contributed by atoms with Crippen LogP contribution in [0.1, 0.15) is 12.5 Å². The zero-order chi connectivity index (χ0) is 10.7. The van der Waals surface area contributed by atoms with Crippen molar-refractivity contribution in [3.8, 4) is 0 Å². The standard InChI is InChI=1S/C14H14O/c1-11(8-9-15)13-7-6-12-4-2-3-5-14(12)10-13/h2-8,10,15H,9H2,1H3/b11-8+. The molecule has 0 saturated carbocycles. The van der Waals surface area contributed by atoms with Crippen molar-refractivity contribution in [1.82, 2.24) is 0 Å². The first-order chi connectivity index (χ1) is 7.31. The van der Waals surface area contributed by atoms with Crippen LogP contribution in [0.25, 0.3) is 16.3 Å². The van der Waals surface area contributed by atoms with Gasteiger partial charge in [0.15, 0.2) is 0 Å². The molecule has 1 heteroatoms. The molecule has 1 nitrogen and oxygen atoms in total. The Morgan fingerprint density at radius 3 is 2.60 bits per heavy atom. The van der Waals surface area contributed by atoms with Crippen molar-refractivity contribution in [3.63, 3.8) is 0 Å². The van der Waals surface area contributed by atoms with Crippen molar-refractivity contribution in [3.05, 3.63) is 54.1 Å². The van der Waals surface area contributed by atoms with E-state index in [1.54, 1.807) is 0 Å². The molecule has 0 aliphatic carbocycles. The number of aliphatic hydroxyl groups is 1. The quantitative estimate of drug-likeness (QED) is 0.785. The highest BCUT2D eigenvalue weighted by Crippen LogP contribution is 2.20. The summed E-state index contributed by atoms with van der Waals surface area (Å²) in [5.74, 6) is 0. The maximum absolute atomic E-state index is 8.83. The number of fused-ring (bicyclic) bond motifs is 1. The van der Waals surface area contributed by atoms with Gasteiger partial charge in [-0.2, -0.15) is 0 Å². The zero-order valence-corrected chi connectivity index (χ0v) is 8.77. The fourth-order valence-corrected chi connectivity index (χ4v) is 1.69. The summed E-state index contributed by atoms with van der Waals surface area (Å²) in [4.78, 5) is 0. The van der Waals surface area contributed by atoms with Crippen LogP contribution in [0, 0.1) is 0 Å². The van der Waals surface area contributed by atoms with Gasteiger partial charge in [-0.05, 0) is 34.9 Å². The monoisotopic (exact) mass is 198 g/mol. The minimum absolute atomic E-state index is 0.0959. The minimum atomic E-state index is 0.0959. The van der Waals surface area contributed by atoms with E-state index in [9.17, 15) is 0 Å². The molecule has 0 amide bonds. The van der Waals surface area contributed by atoms with Crippen LogP contribution in [0.15, 0.2) is 48.5 Å². The van der Waals surface area contributed by atoms with E-state index < -0.39 is 0 Å². The molecule has 2 aromatic carbocycles. The van der Waals surface area contributed by atoms with Gasteiger partial charge in [-0.15, -0.1) is 0 Å². The Balaban J connectivity index is 2.51. The SMILES string of the molecule is C/C(=C\CO)c1ccc2ccccc2c1. The molecule has 76 valence electrons. The Kier molecular flexibility index (Phi) is 2.84. The largest absolute Gasteiger partial charge is 0.392 e. The van der Waals surface area contributed by atoms with Crippen molar-refractivity contribution in [2.45, 2.75) is 6.92 Å². The van der Waals surface area contributed by atoms with Gasteiger partial charge in [0.2, 0.25) is 0 Å². The molecule has 15 heavy (non-hydrogen) atoms. The number of aliphatic hydroxyl groups excluding tert-OH is 1. The molecule has 2 aromatic rings. The minimum Gasteiger partial charge on any atom is -0.392 e. The molecule has 0 aromatic heterocycles. The lowest BCUT2D eigenvalue weighted by Crippen LogP contribution is -1.82. The number of allylic oxidation sites excluding steroid dienone is 1. The fourth-order valence-electron chi connectivity index (χ4n) is 1.69. The second-order valence-electron chi connectivity index (χ2n) is 3.63. The molecule has 0 bridgehead atoms. The topological polar surface area (TPSA) is 20.2 Å². The van der Waals surface area contributed by atoms with Crippen LogP contribution in [0.3, 0.4) is 0 Å². The third-order valence-corrected chi connectivity index (χ3v) is 2.60. The number of rotatable bonds is 2. The van der Waals surface area contributed by atoms with E-state index in [2.05, 4.69) is 30.3 Å². The third kappa shape index (κ3) is 2.08. The van der Waals surface area contributed by atoms with Gasteiger partial charge in [0.05, 0.1) is 6.61 Å². The highest BCUT2D eigenvalue weighted by molar-refractivity contribution is 5.86. The predicted molar refractivity (Wildman–Crippen MR) is 64.7 cm³/mol. The van der Waals surface area contributed by atoms with Crippen molar-refractivity contribution < 1.29 is 5.11 Å². The molecule has 0 atom stereocenters. The Labute approximate surface area is 89.7 Å². The zero-order valence-electron chi connectivity index (χ0n) is 8.77. The predicted octanol–water partition coefficient (Wildman–Crippen LogP) is 3.24. The molecule has 1 N–H and O–H groups in total. The first-order valence-corrected chi connectivity index (χ1v) is 5.08. The van der Waals surface area contributed by atoms with Crippen LogP contribution in [0.4, 0.5) is 0 Å². The normalized spacial score (nSPS) is 12.0. The number of hydrogen-bond donors (Lipinski definition) is 1. The van der Waals surface area contributed by atoms with Gasteiger partial charge in [0.1, 0.15) is 0 Å². The lowest BCUT2D eigenvalue weighted by atomic mass is 10.0. The van der Waals surface area contributed by atoms with Crippen LogP contribution >= 0.6 is 0 Å². The highest BCUT2D eigenvalue weighted by atomic mass is 16.2. The fraction of sp³-hybridized carbons (Fsp3) is 0.143. The van der Waals surface area contributed by atoms with Gasteiger partial charge in [0, 0.05) is 0 Å². The summed E-state index contributed by atoms with van der Waals surface area (Å²) < 4.78 is 0. The summed E-state index contributed by atoms with van der Waals surface area (Å²) in [6.07, 6.45) is 1.82. The van der Waals surface area contributed by atoms with E-state index in [-0.39, 0.29) is 6.61 Å². The summed E-state index contributed by atoms with van der Waals surface area (Å²) in [5.41, 5.74) is 2.28. The summed E-state index contributed by atoms with van der Waals surface area (Å²) in [6.45, 7) is 2.11. The van der Waals surface area contributed by atoms with E-state index >= 15 is 0 Å². The number of benzene rings is 2. The first kappa shape index (κ1) is 9.94. The third-order valence-electron chi connectivity index (χ3n) is 2.60. The van der Waals surface area contributed by atoms with Gasteiger partial charge >= 0.3 is 0 Å². The van der Waals surface area contributed by atoms with Crippen LogP contribution in [-0.4, -0.2) is 11.7 Å². The van der Waals surface area contributed by atoms with E-state index in [1.807, 2.05) is 25.1 Å². The molecule has 0 spiro atoms. The Morgan fingerprint density at radius 1 is 1.13 bits per heavy atom. The van der Waals surface area contributed by atoms with Crippen LogP contribution in [-0.2, 0) is 0 Å². The lowest BCUT2D eigenvalue weighted by molar-refractivity contribution is 0.343. The molecule has 2 rings (SSSR count). The van der Waals surface area contributed by atoms with Gasteiger partial charge in [-0.1, -0.05) is 42.5 Å². The van der Waals surface area contributed by atoms with Gasteiger partial charge < -0.3 is 5.11 Å². The van der Waals surface area contributed by atoms with Crippen LogP contribution < -0.4 is 0 Å². The first-order valence-electron chi connectivity index (χ1n) is 5.08. The molecule has 0 aliphatic rings. The molecular weight excluding hydrogens is 184 g/mol. The molecule has 0 unspecified atom stereocenters. The maximum atomic E-state index is 8.83. The summed E-state index contributed by atoms with van der Waals surface area (Å²) >= 11 is 0. The van der Waals surface area contributed by atoms with Crippen molar-refractivity contribution >= 4 is 16.3 Å². The highest BCUT2D eigenvalue weighted by Gasteiger charge is 1.97. The molecular formula is C14H14O. The average Bonchev–Trinajstić information content (AvgIpc) is 2.29. The number of hydrogen-bond acceptors (Lipinski definition) is 1. The van der Waals surface area contributed by atoms with Crippen molar-refractivity contribution in [1.29, 1.82) is 0 Å². The summed E-state index contributed by atoms with van der Waals surface area (Å²) in [5, 5.41) is 11.3. The van der Waals surface area contributed by atoms with Gasteiger partial charge in [-0.25, -0.2) is 0 Å². The van der Waals surface area contributed by atoms with Crippen LogP contribution in [0.2, 0.25) is 0 Å². The van der Waals surface area contributed by atoms with E-state index in [4.69, 9.17) is 5.11 Å². The maximum Gasteiger partial charge on any atom is 0.0618 e. The van der Waals surface area contributed by atoms with E-state index in [1.165, 1.54) is 16.3 Å². The molecule has 0 radical (unpaired) electrons. The lowest BCUT2D eigenvalue weighted by Gasteiger charge is -2.03. The van der Waals surface area contributed by atoms with Crippen molar-refractivity contribution in [2.24, 2.45) is 0 Å².